The minimum atomic E-state index is -0.360. The number of amides is 2. The first-order chi connectivity index (χ1) is 11.6. The van der Waals surface area contributed by atoms with Gasteiger partial charge in [0.15, 0.2) is 0 Å². The quantitative estimate of drug-likeness (QED) is 0.916. The van der Waals surface area contributed by atoms with Crippen molar-refractivity contribution < 1.29 is 9.59 Å². The first kappa shape index (κ1) is 16.5. The molecule has 1 saturated heterocycles. The van der Waals surface area contributed by atoms with E-state index in [2.05, 4.69) is 12.2 Å². The second-order valence-electron chi connectivity index (χ2n) is 5.89. The molecule has 1 heterocycles. The predicted molar refractivity (Wildman–Crippen MR) is 96.4 cm³/mol. The van der Waals surface area contributed by atoms with Gasteiger partial charge in [0.05, 0.1) is 5.92 Å². The predicted octanol–water partition coefficient (Wildman–Crippen LogP) is 3.89. The number of halogens is 1. The van der Waals surface area contributed by atoms with E-state index in [1.165, 1.54) is 0 Å². The number of rotatable bonds is 4. The number of carbonyl (C=O) groups is 2. The molecular weight excluding hydrogens is 324 g/mol. The number of para-hydroxylation sites is 1. The molecule has 0 aliphatic carbocycles. The van der Waals surface area contributed by atoms with Crippen molar-refractivity contribution in [3.05, 3.63) is 59.1 Å². The van der Waals surface area contributed by atoms with Crippen LogP contribution in [0.4, 0.5) is 11.4 Å². The highest BCUT2D eigenvalue weighted by Gasteiger charge is 2.35. The third kappa shape index (κ3) is 3.44. The van der Waals surface area contributed by atoms with Gasteiger partial charge in [0.2, 0.25) is 11.8 Å². The fourth-order valence-electron chi connectivity index (χ4n) is 3.00. The lowest BCUT2D eigenvalue weighted by atomic mass is 10.1. The van der Waals surface area contributed by atoms with Crippen LogP contribution < -0.4 is 10.2 Å². The Kier molecular flexibility index (Phi) is 4.86. The maximum atomic E-state index is 12.5. The molecule has 1 fully saturated rings. The van der Waals surface area contributed by atoms with Gasteiger partial charge >= 0.3 is 0 Å². The highest BCUT2D eigenvalue weighted by Crippen LogP contribution is 2.29. The van der Waals surface area contributed by atoms with Crippen molar-refractivity contribution in [1.29, 1.82) is 0 Å². The van der Waals surface area contributed by atoms with Crippen molar-refractivity contribution in [3.8, 4) is 0 Å². The summed E-state index contributed by atoms with van der Waals surface area (Å²) < 4.78 is 0. The summed E-state index contributed by atoms with van der Waals surface area (Å²) in [6.45, 7) is 2.46. The zero-order valence-corrected chi connectivity index (χ0v) is 14.2. The Hall–Kier alpha value is -2.33. The summed E-state index contributed by atoms with van der Waals surface area (Å²) in [5, 5.41) is 3.41. The SMILES string of the molecule is CCc1ccccc1N1C[C@H](C(=O)Nc2cccc(Cl)c2)CC1=O. The Balaban J connectivity index is 1.73. The molecule has 0 spiro atoms. The van der Waals surface area contributed by atoms with Crippen LogP contribution in [0.2, 0.25) is 5.02 Å². The first-order valence-electron chi connectivity index (χ1n) is 8.03. The van der Waals surface area contributed by atoms with Crippen LogP contribution in [0.25, 0.3) is 0 Å². The van der Waals surface area contributed by atoms with E-state index < -0.39 is 0 Å². The molecule has 2 amide bonds. The molecule has 1 aliphatic heterocycles. The lowest BCUT2D eigenvalue weighted by Crippen LogP contribution is -2.28. The Bertz CT molecular complexity index is 775. The van der Waals surface area contributed by atoms with E-state index >= 15 is 0 Å². The lowest BCUT2D eigenvalue weighted by Gasteiger charge is -2.20. The molecule has 124 valence electrons. The second kappa shape index (κ2) is 7.05. The Morgan fingerprint density at radius 3 is 2.79 bits per heavy atom. The molecule has 3 rings (SSSR count). The van der Waals surface area contributed by atoms with Crippen LogP contribution in [0.15, 0.2) is 48.5 Å². The van der Waals surface area contributed by atoms with Crippen molar-refractivity contribution in [1.82, 2.24) is 0 Å². The molecule has 24 heavy (non-hydrogen) atoms. The molecule has 1 atom stereocenters. The van der Waals surface area contributed by atoms with Gasteiger partial charge in [0.25, 0.3) is 0 Å². The van der Waals surface area contributed by atoms with E-state index in [-0.39, 0.29) is 24.2 Å². The van der Waals surface area contributed by atoms with Gasteiger partial charge < -0.3 is 10.2 Å². The lowest BCUT2D eigenvalue weighted by molar-refractivity contribution is -0.122. The number of nitrogens with one attached hydrogen (secondary N) is 1. The Morgan fingerprint density at radius 2 is 2.04 bits per heavy atom. The van der Waals surface area contributed by atoms with Gasteiger partial charge in [-0.15, -0.1) is 0 Å². The number of nitrogens with zero attached hydrogens (tertiary/aromatic N) is 1. The van der Waals surface area contributed by atoms with Crippen LogP contribution in [0.1, 0.15) is 18.9 Å². The average molecular weight is 343 g/mol. The molecule has 0 radical (unpaired) electrons. The molecule has 2 aromatic rings. The largest absolute Gasteiger partial charge is 0.326 e. The molecular formula is C19H19ClN2O2. The van der Waals surface area contributed by atoms with Crippen LogP contribution in [0.3, 0.4) is 0 Å². The fraction of sp³-hybridized carbons (Fsp3) is 0.263. The summed E-state index contributed by atoms with van der Waals surface area (Å²) in [6, 6.07) is 14.8. The maximum absolute atomic E-state index is 12.5. The van der Waals surface area contributed by atoms with Crippen molar-refractivity contribution in [3.63, 3.8) is 0 Å². The summed E-state index contributed by atoms with van der Waals surface area (Å²) in [4.78, 5) is 26.6. The number of carbonyl (C=O) groups excluding carboxylic acids is 2. The van der Waals surface area contributed by atoms with Gasteiger partial charge in [-0.1, -0.05) is 42.8 Å². The standard InChI is InChI=1S/C19H19ClN2O2/c1-2-13-6-3-4-9-17(13)22-12-14(10-18(22)23)19(24)21-16-8-5-7-15(20)11-16/h3-9,11,14H,2,10,12H2,1H3,(H,21,24)/t14-/m1/s1. The van der Waals surface area contributed by atoms with E-state index in [0.717, 1.165) is 17.7 Å². The highest BCUT2D eigenvalue weighted by atomic mass is 35.5. The average Bonchev–Trinajstić information content (AvgIpc) is 2.96. The van der Waals surface area contributed by atoms with E-state index in [9.17, 15) is 9.59 Å². The fourth-order valence-corrected chi connectivity index (χ4v) is 3.19. The third-order valence-electron chi connectivity index (χ3n) is 4.25. The molecule has 4 nitrogen and oxygen atoms in total. The van der Waals surface area contributed by atoms with Crippen LogP contribution in [0, 0.1) is 5.92 Å². The van der Waals surface area contributed by atoms with Gasteiger partial charge in [-0.25, -0.2) is 0 Å². The van der Waals surface area contributed by atoms with Crippen LogP contribution in [0.5, 0.6) is 0 Å². The third-order valence-corrected chi connectivity index (χ3v) is 4.49. The Morgan fingerprint density at radius 1 is 1.25 bits per heavy atom. The summed E-state index contributed by atoms with van der Waals surface area (Å²) in [6.07, 6.45) is 1.07. The molecule has 2 aromatic carbocycles. The van der Waals surface area contributed by atoms with Gasteiger partial charge in [-0.2, -0.15) is 0 Å². The molecule has 5 heteroatoms. The summed E-state index contributed by atoms with van der Waals surface area (Å²) in [5.74, 6) is -0.523. The molecule has 0 saturated carbocycles. The van der Waals surface area contributed by atoms with Crippen LogP contribution in [-0.4, -0.2) is 18.4 Å². The Labute approximate surface area is 146 Å². The van der Waals surface area contributed by atoms with E-state index in [4.69, 9.17) is 11.6 Å². The first-order valence-corrected chi connectivity index (χ1v) is 8.41. The normalized spacial score (nSPS) is 17.2. The van der Waals surface area contributed by atoms with E-state index in [0.29, 0.717) is 17.3 Å². The molecule has 0 bridgehead atoms. The highest BCUT2D eigenvalue weighted by molar-refractivity contribution is 6.30. The van der Waals surface area contributed by atoms with Gasteiger partial charge in [-0.3, -0.25) is 9.59 Å². The van der Waals surface area contributed by atoms with Gasteiger partial charge in [0, 0.05) is 29.4 Å². The minimum absolute atomic E-state index is 0.0119. The molecule has 0 aromatic heterocycles. The second-order valence-corrected chi connectivity index (χ2v) is 6.32. The van der Waals surface area contributed by atoms with Crippen molar-refractivity contribution >= 4 is 34.8 Å². The summed E-state index contributed by atoms with van der Waals surface area (Å²) in [5.41, 5.74) is 2.66. The summed E-state index contributed by atoms with van der Waals surface area (Å²) in [7, 11) is 0. The number of hydrogen-bond acceptors (Lipinski definition) is 2. The van der Waals surface area contributed by atoms with E-state index in [1.807, 2.05) is 24.3 Å². The molecule has 0 unspecified atom stereocenters. The van der Waals surface area contributed by atoms with Crippen molar-refractivity contribution in [2.24, 2.45) is 5.92 Å². The zero-order valence-electron chi connectivity index (χ0n) is 13.5. The number of hydrogen-bond donors (Lipinski definition) is 1. The minimum Gasteiger partial charge on any atom is -0.326 e. The van der Waals surface area contributed by atoms with Gasteiger partial charge in [0.1, 0.15) is 0 Å². The van der Waals surface area contributed by atoms with Crippen molar-refractivity contribution in [2.45, 2.75) is 19.8 Å². The topological polar surface area (TPSA) is 49.4 Å². The number of aryl methyl sites for hydroxylation is 1. The van der Waals surface area contributed by atoms with Crippen LogP contribution in [-0.2, 0) is 16.0 Å². The maximum Gasteiger partial charge on any atom is 0.229 e. The molecule has 1 aliphatic rings. The summed E-state index contributed by atoms with van der Waals surface area (Å²) >= 11 is 5.93. The smallest absolute Gasteiger partial charge is 0.229 e. The van der Waals surface area contributed by atoms with Gasteiger partial charge in [-0.05, 0) is 36.2 Å². The number of benzene rings is 2. The monoisotopic (exact) mass is 342 g/mol. The van der Waals surface area contributed by atoms with E-state index in [1.54, 1.807) is 29.2 Å². The van der Waals surface area contributed by atoms with Crippen molar-refractivity contribution in [2.75, 3.05) is 16.8 Å². The van der Waals surface area contributed by atoms with Crippen LogP contribution >= 0.6 is 11.6 Å². The number of anilines is 2. The molecule has 1 N–H and O–H groups in total. The zero-order chi connectivity index (χ0) is 17.1.